The number of hydrogen-bond acceptors (Lipinski definition) is 3. The van der Waals surface area contributed by atoms with Gasteiger partial charge < -0.3 is 15.1 Å². The maximum Gasteiger partial charge on any atom is 0.224 e. The smallest absolute Gasteiger partial charge is 0.224 e. The second kappa shape index (κ2) is 7.49. The lowest BCUT2D eigenvalue weighted by Gasteiger charge is -2.37. The molecule has 1 aliphatic rings. The molecule has 6 heteroatoms. The number of anilines is 1. The largest absolute Gasteiger partial charge is 0.368 e. The van der Waals surface area contributed by atoms with Gasteiger partial charge in [-0.1, -0.05) is 11.6 Å². The maximum atomic E-state index is 12.1. The van der Waals surface area contributed by atoms with Crippen LogP contribution in [0.3, 0.4) is 0 Å². The number of nitrogens with zero attached hydrogens (tertiary/aromatic N) is 2. The lowest BCUT2D eigenvalue weighted by Crippen LogP contribution is -2.49. The molecule has 1 N–H and O–H groups in total. The molecule has 0 atom stereocenters. The van der Waals surface area contributed by atoms with Crippen molar-refractivity contribution in [2.24, 2.45) is 0 Å². The van der Waals surface area contributed by atoms with Crippen LogP contribution in [0.2, 0.25) is 5.02 Å². The summed E-state index contributed by atoms with van der Waals surface area (Å²) in [5.74, 6) is -0.00272. The summed E-state index contributed by atoms with van der Waals surface area (Å²) in [6.07, 6.45) is 0.361. The number of piperazine rings is 1. The van der Waals surface area contributed by atoms with Crippen LogP contribution in [0.15, 0.2) is 18.2 Å². The van der Waals surface area contributed by atoms with Gasteiger partial charge in [-0.3, -0.25) is 9.59 Å². The number of aryl methyl sites for hydroxylation is 1. The first-order valence-electron chi connectivity index (χ1n) is 7.50. The Morgan fingerprint density at radius 3 is 2.50 bits per heavy atom. The fourth-order valence-corrected chi connectivity index (χ4v) is 2.90. The highest BCUT2D eigenvalue weighted by Gasteiger charge is 2.21. The van der Waals surface area contributed by atoms with E-state index in [-0.39, 0.29) is 11.8 Å². The zero-order valence-corrected chi connectivity index (χ0v) is 13.8. The van der Waals surface area contributed by atoms with Gasteiger partial charge in [0.1, 0.15) is 0 Å². The Balaban J connectivity index is 1.84. The van der Waals surface area contributed by atoms with E-state index >= 15 is 0 Å². The molecule has 1 saturated heterocycles. The predicted octanol–water partition coefficient (Wildman–Crippen LogP) is 1.82. The fourth-order valence-electron chi connectivity index (χ4n) is 2.67. The van der Waals surface area contributed by atoms with Crippen LogP contribution in [0.4, 0.5) is 5.69 Å². The lowest BCUT2D eigenvalue weighted by molar-refractivity contribution is -0.131. The third-order valence-electron chi connectivity index (χ3n) is 3.84. The van der Waals surface area contributed by atoms with Crippen LogP contribution in [-0.2, 0) is 9.59 Å². The Morgan fingerprint density at radius 1 is 1.23 bits per heavy atom. The highest BCUT2D eigenvalue weighted by molar-refractivity contribution is 6.30. The minimum absolute atomic E-state index is 0.0984. The first kappa shape index (κ1) is 16.6. The Bertz CT molecular complexity index is 554. The molecule has 1 aliphatic heterocycles. The number of hydrogen-bond donors (Lipinski definition) is 1. The Kier molecular flexibility index (Phi) is 5.66. The van der Waals surface area contributed by atoms with Crippen LogP contribution in [0.25, 0.3) is 0 Å². The molecule has 0 spiro atoms. The lowest BCUT2D eigenvalue weighted by atomic mass is 10.1. The van der Waals surface area contributed by atoms with Crippen molar-refractivity contribution >= 4 is 29.1 Å². The first-order valence-corrected chi connectivity index (χ1v) is 7.88. The summed E-state index contributed by atoms with van der Waals surface area (Å²) in [5, 5.41) is 3.40. The van der Waals surface area contributed by atoms with Gasteiger partial charge in [0, 0.05) is 56.8 Å². The van der Waals surface area contributed by atoms with Crippen molar-refractivity contribution < 1.29 is 9.59 Å². The van der Waals surface area contributed by atoms with Crippen molar-refractivity contribution in [2.75, 3.05) is 37.6 Å². The van der Waals surface area contributed by atoms with Crippen molar-refractivity contribution in [3.8, 4) is 0 Å². The molecule has 0 aromatic heterocycles. The number of benzene rings is 1. The number of amides is 2. The summed E-state index contributed by atoms with van der Waals surface area (Å²) in [6, 6.07) is 5.89. The van der Waals surface area contributed by atoms with E-state index in [2.05, 4.69) is 10.2 Å². The number of carbonyl (C=O) groups excluding carboxylic acids is 2. The van der Waals surface area contributed by atoms with E-state index in [1.165, 1.54) is 12.6 Å². The molecule has 0 bridgehead atoms. The van der Waals surface area contributed by atoms with E-state index in [0.717, 1.165) is 23.7 Å². The fraction of sp³-hybridized carbons (Fsp3) is 0.500. The van der Waals surface area contributed by atoms with Crippen molar-refractivity contribution in [1.29, 1.82) is 0 Å². The zero-order valence-electron chi connectivity index (χ0n) is 13.1. The van der Waals surface area contributed by atoms with Crippen LogP contribution in [0.1, 0.15) is 18.9 Å². The van der Waals surface area contributed by atoms with Gasteiger partial charge in [-0.05, 0) is 30.7 Å². The average molecular weight is 324 g/mol. The SMILES string of the molecule is CC(=O)NCCC(=O)N1CCN(c2ccc(Cl)cc2C)CC1. The predicted molar refractivity (Wildman–Crippen MR) is 88.3 cm³/mol. The Hall–Kier alpha value is -1.75. The summed E-state index contributed by atoms with van der Waals surface area (Å²) in [7, 11) is 0. The average Bonchev–Trinajstić information content (AvgIpc) is 2.47. The summed E-state index contributed by atoms with van der Waals surface area (Å²) < 4.78 is 0. The Labute approximate surface area is 136 Å². The molecular weight excluding hydrogens is 302 g/mol. The molecule has 1 aromatic carbocycles. The van der Waals surface area contributed by atoms with E-state index < -0.39 is 0 Å². The summed E-state index contributed by atoms with van der Waals surface area (Å²) >= 11 is 5.99. The number of carbonyl (C=O) groups is 2. The molecular formula is C16H22ClN3O2. The van der Waals surface area contributed by atoms with Crippen LogP contribution in [-0.4, -0.2) is 49.4 Å². The van der Waals surface area contributed by atoms with Gasteiger partial charge in [-0.25, -0.2) is 0 Å². The number of halogens is 1. The minimum Gasteiger partial charge on any atom is -0.368 e. The standard InChI is InChI=1S/C16H22ClN3O2/c1-12-11-14(17)3-4-15(12)19-7-9-20(10-8-19)16(22)5-6-18-13(2)21/h3-4,11H,5-10H2,1-2H3,(H,18,21). The first-order chi connectivity index (χ1) is 10.5. The van der Waals surface area contributed by atoms with E-state index in [1.807, 2.05) is 30.0 Å². The molecule has 0 unspecified atom stereocenters. The van der Waals surface area contributed by atoms with E-state index in [0.29, 0.717) is 26.1 Å². The molecule has 1 heterocycles. The molecule has 1 aromatic rings. The molecule has 1 fully saturated rings. The van der Waals surface area contributed by atoms with E-state index in [1.54, 1.807) is 0 Å². The van der Waals surface area contributed by atoms with Gasteiger partial charge in [0.2, 0.25) is 11.8 Å². The molecule has 2 amide bonds. The molecule has 5 nitrogen and oxygen atoms in total. The zero-order chi connectivity index (χ0) is 16.1. The van der Waals surface area contributed by atoms with Crippen LogP contribution in [0, 0.1) is 6.92 Å². The van der Waals surface area contributed by atoms with E-state index in [9.17, 15) is 9.59 Å². The molecule has 0 aliphatic carbocycles. The molecule has 22 heavy (non-hydrogen) atoms. The third kappa shape index (κ3) is 4.37. The quantitative estimate of drug-likeness (QED) is 0.919. The summed E-state index contributed by atoms with van der Waals surface area (Å²) in [4.78, 5) is 27.0. The second-order valence-electron chi connectivity index (χ2n) is 5.53. The van der Waals surface area contributed by atoms with Crippen molar-refractivity contribution in [1.82, 2.24) is 10.2 Å². The van der Waals surface area contributed by atoms with Gasteiger partial charge in [-0.2, -0.15) is 0 Å². The van der Waals surface area contributed by atoms with Crippen molar-refractivity contribution in [3.63, 3.8) is 0 Å². The highest BCUT2D eigenvalue weighted by Crippen LogP contribution is 2.24. The van der Waals surface area contributed by atoms with Gasteiger partial charge in [-0.15, -0.1) is 0 Å². The topological polar surface area (TPSA) is 52.7 Å². The summed E-state index contributed by atoms with van der Waals surface area (Å²) in [6.45, 7) is 6.96. The molecule has 2 rings (SSSR count). The number of nitrogens with one attached hydrogen (secondary N) is 1. The van der Waals surface area contributed by atoms with E-state index in [4.69, 9.17) is 11.6 Å². The van der Waals surface area contributed by atoms with Gasteiger partial charge in [0.05, 0.1) is 0 Å². The van der Waals surface area contributed by atoms with Gasteiger partial charge in [0.15, 0.2) is 0 Å². The summed E-state index contributed by atoms with van der Waals surface area (Å²) in [5.41, 5.74) is 2.33. The normalized spacial score (nSPS) is 14.9. The highest BCUT2D eigenvalue weighted by atomic mass is 35.5. The van der Waals surface area contributed by atoms with Crippen LogP contribution in [0.5, 0.6) is 0 Å². The van der Waals surface area contributed by atoms with Crippen LogP contribution >= 0.6 is 11.6 Å². The third-order valence-corrected chi connectivity index (χ3v) is 4.08. The molecule has 0 radical (unpaired) electrons. The van der Waals surface area contributed by atoms with Crippen molar-refractivity contribution in [2.45, 2.75) is 20.3 Å². The van der Waals surface area contributed by atoms with Gasteiger partial charge >= 0.3 is 0 Å². The van der Waals surface area contributed by atoms with Crippen molar-refractivity contribution in [3.05, 3.63) is 28.8 Å². The Morgan fingerprint density at radius 2 is 1.91 bits per heavy atom. The number of rotatable bonds is 4. The second-order valence-corrected chi connectivity index (χ2v) is 5.97. The maximum absolute atomic E-state index is 12.1. The van der Waals surface area contributed by atoms with Crippen LogP contribution < -0.4 is 10.2 Å². The van der Waals surface area contributed by atoms with Gasteiger partial charge in [0.25, 0.3) is 0 Å². The monoisotopic (exact) mass is 323 g/mol. The molecule has 0 saturated carbocycles. The molecule has 120 valence electrons. The minimum atomic E-state index is -0.101.